The number of hydrogen-bond donors (Lipinski definition) is 0. The molecule has 0 N–H and O–H groups in total. The van der Waals surface area contributed by atoms with Gasteiger partial charge >= 0.3 is 0 Å². The van der Waals surface area contributed by atoms with Crippen molar-refractivity contribution in [2.24, 2.45) is 5.41 Å². The molecule has 2 fully saturated rings. The number of piperazine rings is 1. The number of methoxy groups -OCH3 is 1. The molecule has 4 heteroatoms. The van der Waals surface area contributed by atoms with Crippen LogP contribution in [-0.4, -0.2) is 51.3 Å². The summed E-state index contributed by atoms with van der Waals surface area (Å²) in [6.45, 7) is 6.39. The Morgan fingerprint density at radius 1 is 1.03 bits per heavy atom. The van der Waals surface area contributed by atoms with Crippen LogP contribution in [0.2, 0.25) is 0 Å². The van der Waals surface area contributed by atoms with Crippen molar-refractivity contribution in [2.75, 3.05) is 51.3 Å². The Bertz CT molecular complexity index is 855. The lowest BCUT2D eigenvalue weighted by Crippen LogP contribution is -2.48. The monoisotopic (exact) mass is 406 g/mol. The van der Waals surface area contributed by atoms with Crippen LogP contribution < -0.4 is 14.4 Å². The summed E-state index contributed by atoms with van der Waals surface area (Å²) >= 11 is 0. The van der Waals surface area contributed by atoms with Crippen LogP contribution in [0.25, 0.3) is 0 Å². The first-order valence-electron chi connectivity index (χ1n) is 11.6. The minimum absolute atomic E-state index is 0.541. The van der Waals surface area contributed by atoms with E-state index in [0.717, 1.165) is 50.7 Å². The van der Waals surface area contributed by atoms with E-state index in [2.05, 4.69) is 52.3 Å². The maximum atomic E-state index is 5.80. The van der Waals surface area contributed by atoms with Gasteiger partial charge in [0, 0.05) is 44.2 Å². The molecule has 2 aromatic carbocycles. The fourth-order valence-electron chi connectivity index (χ4n) is 5.43. The quantitative estimate of drug-likeness (QED) is 0.673. The predicted octanol–water partition coefficient (Wildman–Crippen LogP) is 4.56. The van der Waals surface area contributed by atoms with E-state index in [1.54, 1.807) is 7.11 Å². The molecule has 0 unspecified atom stereocenters. The van der Waals surface area contributed by atoms with Crippen molar-refractivity contribution in [3.8, 4) is 11.5 Å². The van der Waals surface area contributed by atoms with Gasteiger partial charge in [0.05, 0.1) is 19.4 Å². The molecule has 2 aromatic rings. The third-order valence-corrected chi connectivity index (χ3v) is 7.50. The van der Waals surface area contributed by atoms with Crippen molar-refractivity contribution < 1.29 is 9.47 Å². The Kier molecular flexibility index (Phi) is 5.60. The van der Waals surface area contributed by atoms with Gasteiger partial charge in [0.15, 0.2) is 0 Å². The molecule has 5 rings (SSSR count). The number of anilines is 1. The molecule has 0 aromatic heterocycles. The molecule has 160 valence electrons. The summed E-state index contributed by atoms with van der Waals surface area (Å²) in [5.74, 6) is 2.03. The van der Waals surface area contributed by atoms with Crippen molar-refractivity contribution in [3.05, 3.63) is 53.6 Å². The largest absolute Gasteiger partial charge is 0.495 e. The van der Waals surface area contributed by atoms with Crippen LogP contribution in [0.4, 0.5) is 5.69 Å². The molecule has 2 aliphatic heterocycles. The lowest BCUT2D eigenvalue weighted by atomic mass is 9.63. The second-order valence-electron chi connectivity index (χ2n) is 9.32. The molecule has 3 aliphatic rings. The van der Waals surface area contributed by atoms with Crippen molar-refractivity contribution in [1.29, 1.82) is 0 Å². The molecule has 1 aliphatic carbocycles. The van der Waals surface area contributed by atoms with Crippen LogP contribution in [0, 0.1) is 5.41 Å². The topological polar surface area (TPSA) is 24.9 Å². The zero-order valence-electron chi connectivity index (χ0n) is 18.2. The maximum absolute atomic E-state index is 5.80. The van der Waals surface area contributed by atoms with E-state index in [1.807, 2.05) is 0 Å². The fourth-order valence-corrected chi connectivity index (χ4v) is 5.43. The zero-order valence-corrected chi connectivity index (χ0v) is 18.2. The number of fused-ring (bicyclic) bond motifs is 1. The van der Waals surface area contributed by atoms with Crippen LogP contribution in [0.1, 0.15) is 36.8 Å². The van der Waals surface area contributed by atoms with Gasteiger partial charge < -0.3 is 14.4 Å². The van der Waals surface area contributed by atoms with Crippen molar-refractivity contribution >= 4 is 5.69 Å². The molecule has 4 nitrogen and oxygen atoms in total. The van der Waals surface area contributed by atoms with Gasteiger partial charge in [-0.15, -0.1) is 0 Å². The standard InChI is InChI=1S/C26H34N2O2/c1-29-25-18-22-8-17-30-24(22)19-23(25)28-15-13-27(14-16-28)12-11-26(9-5-10-26)20-21-6-3-2-4-7-21/h2-4,6-7,18-19H,5,8-17,20H2,1H3. The van der Waals surface area contributed by atoms with E-state index >= 15 is 0 Å². The Hall–Kier alpha value is -2.20. The fraction of sp³-hybridized carbons (Fsp3) is 0.538. The molecule has 0 amide bonds. The summed E-state index contributed by atoms with van der Waals surface area (Å²) in [5, 5.41) is 0. The Labute approximate surface area is 180 Å². The minimum atomic E-state index is 0.541. The lowest BCUT2D eigenvalue weighted by molar-refractivity contribution is 0.0947. The summed E-state index contributed by atoms with van der Waals surface area (Å²) in [6.07, 6.45) is 7.77. The van der Waals surface area contributed by atoms with Crippen LogP contribution in [0.3, 0.4) is 0 Å². The first-order chi connectivity index (χ1) is 14.7. The second kappa shape index (κ2) is 8.50. The molecule has 2 heterocycles. The number of nitrogens with zero attached hydrogens (tertiary/aromatic N) is 2. The highest BCUT2D eigenvalue weighted by Crippen LogP contribution is 2.46. The maximum Gasteiger partial charge on any atom is 0.142 e. The Morgan fingerprint density at radius 2 is 1.83 bits per heavy atom. The highest BCUT2D eigenvalue weighted by Gasteiger charge is 2.37. The average molecular weight is 407 g/mol. The number of benzene rings is 2. The van der Waals surface area contributed by atoms with Gasteiger partial charge in [-0.2, -0.15) is 0 Å². The van der Waals surface area contributed by atoms with Gasteiger partial charge in [0.25, 0.3) is 0 Å². The summed E-state index contributed by atoms with van der Waals surface area (Å²) in [5.41, 5.74) is 4.52. The molecule has 0 bridgehead atoms. The van der Waals surface area contributed by atoms with E-state index < -0.39 is 0 Å². The van der Waals surface area contributed by atoms with Gasteiger partial charge in [-0.25, -0.2) is 0 Å². The van der Waals surface area contributed by atoms with Crippen LogP contribution in [0.15, 0.2) is 42.5 Å². The van der Waals surface area contributed by atoms with Gasteiger partial charge in [-0.05, 0) is 49.3 Å². The molecular formula is C26H34N2O2. The van der Waals surface area contributed by atoms with E-state index in [9.17, 15) is 0 Å². The third-order valence-electron chi connectivity index (χ3n) is 7.50. The number of ether oxygens (including phenoxy) is 2. The first-order valence-corrected chi connectivity index (χ1v) is 11.6. The Balaban J connectivity index is 1.17. The summed E-state index contributed by atoms with van der Waals surface area (Å²) < 4.78 is 11.5. The van der Waals surface area contributed by atoms with E-state index in [0.29, 0.717) is 5.41 Å². The minimum Gasteiger partial charge on any atom is -0.495 e. The van der Waals surface area contributed by atoms with Gasteiger partial charge in [0.2, 0.25) is 0 Å². The number of rotatable bonds is 7. The normalized spacial score (nSPS) is 20.4. The van der Waals surface area contributed by atoms with E-state index in [1.165, 1.54) is 55.5 Å². The van der Waals surface area contributed by atoms with E-state index in [-0.39, 0.29) is 0 Å². The van der Waals surface area contributed by atoms with E-state index in [4.69, 9.17) is 9.47 Å². The summed E-state index contributed by atoms with van der Waals surface area (Å²) in [6, 6.07) is 15.4. The highest BCUT2D eigenvalue weighted by molar-refractivity contribution is 5.65. The van der Waals surface area contributed by atoms with Gasteiger partial charge in [-0.1, -0.05) is 36.8 Å². The van der Waals surface area contributed by atoms with Crippen LogP contribution in [-0.2, 0) is 12.8 Å². The predicted molar refractivity (Wildman–Crippen MR) is 122 cm³/mol. The summed E-state index contributed by atoms with van der Waals surface area (Å²) in [7, 11) is 1.78. The molecule has 1 saturated carbocycles. The SMILES string of the molecule is COc1cc2c(cc1N1CCN(CCC3(Cc4ccccc4)CCC3)CC1)OCC2. The molecule has 30 heavy (non-hydrogen) atoms. The lowest BCUT2D eigenvalue weighted by Gasteiger charge is -2.45. The van der Waals surface area contributed by atoms with Gasteiger partial charge in [-0.3, -0.25) is 4.90 Å². The molecule has 0 radical (unpaired) electrons. The zero-order chi connectivity index (χ0) is 20.4. The third kappa shape index (κ3) is 4.02. The van der Waals surface area contributed by atoms with Crippen LogP contribution in [0.5, 0.6) is 11.5 Å². The number of hydrogen-bond acceptors (Lipinski definition) is 4. The highest BCUT2D eigenvalue weighted by atomic mass is 16.5. The van der Waals surface area contributed by atoms with Crippen LogP contribution >= 0.6 is 0 Å². The molecule has 0 spiro atoms. The molecular weight excluding hydrogens is 372 g/mol. The smallest absolute Gasteiger partial charge is 0.142 e. The Morgan fingerprint density at radius 3 is 2.53 bits per heavy atom. The van der Waals surface area contributed by atoms with Crippen molar-refractivity contribution in [1.82, 2.24) is 4.90 Å². The molecule has 0 atom stereocenters. The van der Waals surface area contributed by atoms with Crippen molar-refractivity contribution in [2.45, 2.75) is 38.5 Å². The van der Waals surface area contributed by atoms with Crippen molar-refractivity contribution in [3.63, 3.8) is 0 Å². The second-order valence-corrected chi connectivity index (χ2v) is 9.32. The first kappa shape index (κ1) is 19.7. The average Bonchev–Trinajstić information content (AvgIpc) is 3.23. The van der Waals surface area contributed by atoms with Gasteiger partial charge in [0.1, 0.15) is 11.5 Å². The molecule has 1 saturated heterocycles. The summed E-state index contributed by atoms with van der Waals surface area (Å²) in [4.78, 5) is 5.14.